The number of benzene rings is 1. The van der Waals surface area contributed by atoms with Crippen LogP contribution in [-0.2, 0) is 14.6 Å². The Morgan fingerprint density at radius 1 is 1.28 bits per heavy atom. The van der Waals surface area contributed by atoms with Crippen molar-refractivity contribution in [3.63, 3.8) is 0 Å². The maximum absolute atomic E-state index is 12.6. The molecule has 0 saturated heterocycles. The van der Waals surface area contributed by atoms with E-state index in [0.29, 0.717) is 17.9 Å². The second kappa shape index (κ2) is 8.19. The summed E-state index contributed by atoms with van der Waals surface area (Å²) in [5.41, 5.74) is 0.616. The number of hydrogen-bond acceptors (Lipinski definition) is 4. The molecular formula is C17H23ClN2O4S. The summed E-state index contributed by atoms with van der Waals surface area (Å²) in [5.74, 6) is -0.547. The van der Waals surface area contributed by atoms with Crippen LogP contribution >= 0.6 is 11.6 Å². The van der Waals surface area contributed by atoms with Gasteiger partial charge in [0.2, 0.25) is 5.91 Å². The predicted molar refractivity (Wildman–Crippen MR) is 96.5 cm³/mol. The van der Waals surface area contributed by atoms with Crippen LogP contribution < -0.4 is 10.6 Å². The van der Waals surface area contributed by atoms with Crippen molar-refractivity contribution in [1.29, 1.82) is 0 Å². The zero-order chi connectivity index (χ0) is 18.6. The lowest BCUT2D eigenvalue weighted by Gasteiger charge is -2.21. The van der Waals surface area contributed by atoms with Gasteiger partial charge in [0, 0.05) is 13.3 Å². The molecule has 0 aromatic heterocycles. The van der Waals surface area contributed by atoms with Gasteiger partial charge in [-0.3, -0.25) is 10.1 Å². The average molecular weight is 387 g/mol. The van der Waals surface area contributed by atoms with Gasteiger partial charge < -0.3 is 5.32 Å². The van der Waals surface area contributed by atoms with E-state index in [1.165, 1.54) is 19.2 Å². The Balaban J connectivity index is 2.31. The highest BCUT2D eigenvalue weighted by molar-refractivity contribution is 7.90. The third-order valence-electron chi connectivity index (χ3n) is 4.58. The molecule has 1 fully saturated rings. The summed E-state index contributed by atoms with van der Waals surface area (Å²) in [5, 5.41) is 4.76. The normalized spacial score (nSPS) is 16.4. The van der Waals surface area contributed by atoms with E-state index in [0.717, 1.165) is 31.9 Å². The van der Waals surface area contributed by atoms with Gasteiger partial charge in [0.1, 0.15) is 0 Å². The molecule has 1 aliphatic carbocycles. The third-order valence-corrected chi connectivity index (χ3v) is 6.16. The number of carbonyl (C=O) groups is 2. The van der Waals surface area contributed by atoms with E-state index in [-0.39, 0.29) is 9.92 Å². The third kappa shape index (κ3) is 5.19. The summed E-state index contributed by atoms with van der Waals surface area (Å²) in [6.07, 6.45) is 6.09. The van der Waals surface area contributed by atoms with E-state index in [9.17, 15) is 18.0 Å². The van der Waals surface area contributed by atoms with Crippen molar-refractivity contribution >= 4 is 33.4 Å². The fourth-order valence-electron chi connectivity index (χ4n) is 3.27. The van der Waals surface area contributed by atoms with Gasteiger partial charge in [-0.1, -0.05) is 43.4 Å². The molecule has 2 N–H and O–H groups in total. The zero-order valence-electron chi connectivity index (χ0n) is 14.3. The number of amides is 3. The molecule has 0 heterocycles. The van der Waals surface area contributed by atoms with Crippen LogP contribution in [0.4, 0.5) is 4.79 Å². The lowest BCUT2D eigenvalue weighted by molar-refractivity contribution is -0.121. The minimum Gasteiger partial charge on any atom is -0.341 e. The van der Waals surface area contributed by atoms with Gasteiger partial charge in [-0.05, 0) is 30.0 Å². The molecule has 2 rings (SSSR count). The number of imide groups is 1. The van der Waals surface area contributed by atoms with Crippen LogP contribution in [0.5, 0.6) is 0 Å². The van der Waals surface area contributed by atoms with Crippen LogP contribution in [0.1, 0.15) is 43.6 Å². The van der Waals surface area contributed by atoms with Crippen LogP contribution in [0.15, 0.2) is 23.1 Å². The van der Waals surface area contributed by atoms with Crippen molar-refractivity contribution in [2.24, 2.45) is 5.92 Å². The minimum absolute atomic E-state index is 0.0317. The molecule has 0 aliphatic heterocycles. The lowest BCUT2D eigenvalue weighted by atomic mass is 9.87. The summed E-state index contributed by atoms with van der Waals surface area (Å²) in [6, 6.07) is 3.97. The molecule has 1 aliphatic rings. The van der Waals surface area contributed by atoms with Crippen molar-refractivity contribution in [2.75, 3.05) is 13.3 Å². The molecule has 1 atom stereocenters. The first kappa shape index (κ1) is 19.7. The second-order valence-corrected chi connectivity index (χ2v) is 8.86. The lowest BCUT2D eigenvalue weighted by Crippen LogP contribution is -2.40. The van der Waals surface area contributed by atoms with Gasteiger partial charge in [0.05, 0.1) is 15.8 Å². The summed E-state index contributed by atoms with van der Waals surface area (Å²) < 4.78 is 23.4. The molecule has 25 heavy (non-hydrogen) atoms. The van der Waals surface area contributed by atoms with Crippen molar-refractivity contribution in [3.05, 3.63) is 28.8 Å². The molecule has 1 saturated carbocycles. The number of rotatable bonds is 5. The quantitative estimate of drug-likeness (QED) is 0.813. The maximum atomic E-state index is 12.6. The van der Waals surface area contributed by atoms with E-state index in [2.05, 4.69) is 10.6 Å². The summed E-state index contributed by atoms with van der Waals surface area (Å²) in [4.78, 5) is 24.1. The Morgan fingerprint density at radius 3 is 2.44 bits per heavy atom. The Kier molecular flexibility index (Phi) is 6.46. The molecule has 1 aromatic carbocycles. The Bertz CT molecular complexity index is 758. The van der Waals surface area contributed by atoms with Crippen molar-refractivity contribution < 1.29 is 18.0 Å². The minimum atomic E-state index is -3.44. The largest absolute Gasteiger partial charge is 0.341 e. The highest BCUT2D eigenvalue weighted by atomic mass is 35.5. The van der Waals surface area contributed by atoms with Crippen molar-refractivity contribution in [1.82, 2.24) is 10.6 Å². The number of halogens is 1. The van der Waals surface area contributed by atoms with Gasteiger partial charge >= 0.3 is 6.03 Å². The molecular weight excluding hydrogens is 364 g/mol. The van der Waals surface area contributed by atoms with Crippen molar-refractivity contribution in [2.45, 2.75) is 42.9 Å². The van der Waals surface area contributed by atoms with Gasteiger partial charge in [-0.25, -0.2) is 13.2 Å². The molecule has 0 bridgehead atoms. The van der Waals surface area contributed by atoms with Gasteiger partial charge in [0.15, 0.2) is 9.84 Å². The van der Waals surface area contributed by atoms with Crippen molar-refractivity contribution in [3.8, 4) is 0 Å². The molecule has 0 radical (unpaired) electrons. The smallest absolute Gasteiger partial charge is 0.321 e. The fourth-order valence-corrected chi connectivity index (χ4v) is 4.61. The molecule has 6 nitrogen and oxygen atoms in total. The van der Waals surface area contributed by atoms with Crippen LogP contribution in [0.2, 0.25) is 5.02 Å². The van der Waals surface area contributed by atoms with Gasteiger partial charge in [-0.15, -0.1) is 0 Å². The van der Waals surface area contributed by atoms with Crippen LogP contribution in [0, 0.1) is 5.92 Å². The van der Waals surface area contributed by atoms with Crippen LogP contribution in [0.25, 0.3) is 0 Å². The summed E-state index contributed by atoms with van der Waals surface area (Å²) >= 11 is 6.12. The Labute approximate surface area is 153 Å². The topological polar surface area (TPSA) is 92.3 Å². The number of carbonyl (C=O) groups excluding carboxylic acids is 2. The summed E-state index contributed by atoms with van der Waals surface area (Å²) in [6.45, 7) is 0. The maximum Gasteiger partial charge on any atom is 0.321 e. The van der Waals surface area contributed by atoms with E-state index in [4.69, 9.17) is 11.6 Å². The van der Waals surface area contributed by atoms with Gasteiger partial charge in [-0.2, -0.15) is 0 Å². The highest BCUT2D eigenvalue weighted by Gasteiger charge is 2.28. The first-order valence-corrected chi connectivity index (χ1v) is 10.5. The average Bonchev–Trinajstić information content (AvgIpc) is 3.04. The molecule has 138 valence electrons. The Hall–Kier alpha value is -1.60. The van der Waals surface area contributed by atoms with Crippen LogP contribution in [-0.4, -0.2) is 33.7 Å². The number of hydrogen-bond donors (Lipinski definition) is 2. The van der Waals surface area contributed by atoms with Crippen LogP contribution in [0.3, 0.4) is 0 Å². The fraction of sp³-hybridized carbons (Fsp3) is 0.529. The number of sulfone groups is 1. The number of urea groups is 1. The molecule has 1 aromatic rings. The standard InChI is InChI=1S/C17H23ClN2O4S/c1-19-17(22)20-16(21)13(9-11-5-3-4-6-11)12-7-8-15(14(18)10-12)25(2,23)24/h7-8,10-11,13H,3-6,9H2,1-2H3,(H2,19,20,21,22). The summed E-state index contributed by atoms with van der Waals surface area (Å²) in [7, 11) is -2.00. The van der Waals surface area contributed by atoms with E-state index in [1.807, 2.05) is 0 Å². The molecule has 1 unspecified atom stereocenters. The van der Waals surface area contributed by atoms with E-state index < -0.39 is 27.7 Å². The first-order valence-electron chi connectivity index (χ1n) is 8.24. The highest BCUT2D eigenvalue weighted by Crippen LogP contribution is 2.36. The SMILES string of the molecule is CNC(=O)NC(=O)C(CC1CCCC1)c1ccc(S(C)(=O)=O)c(Cl)c1. The van der Waals surface area contributed by atoms with E-state index >= 15 is 0 Å². The molecule has 0 spiro atoms. The van der Waals surface area contributed by atoms with E-state index in [1.54, 1.807) is 6.07 Å². The Morgan fingerprint density at radius 2 is 1.92 bits per heavy atom. The molecule has 3 amide bonds. The first-order chi connectivity index (χ1) is 11.7. The molecule has 8 heteroatoms. The van der Waals surface area contributed by atoms with Gasteiger partial charge in [0.25, 0.3) is 0 Å². The zero-order valence-corrected chi connectivity index (χ0v) is 15.9. The monoisotopic (exact) mass is 386 g/mol. The second-order valence-electron chi connectivity index (χ2n) is 6.47. The predicted octanol–water partition coefficient (Wildman–Crippen LogP) is 2.86. The number of nitrogens with one attached hydrogen (secondary N) is 2.